The Bertz CT molecular complexity index is 3130. The summed E-state index contributed by atoms with van der Waals surface area (Å²) in [5, 5.41) is 59.1. The summed E-state index contributed by atoms with van der Waals surface area (Å²) in [6.07, 6.45) is -1.05. The van der Waals surface area contributed by atoms with Gasteiger partial charge in [0.2, 0.25) is 11.8 Å². The Morgan fingerprint density at radius 2 is 1.17 bits per heavy atom. The van der Waals surface area contributed by atoms with Crippen LogP contribution in [-0.2, 0) is 59.1 Å². The number of methoxy groups -OCH3 is 1. The molecule has 3 amide bonds. The molecule has 30 heteroatoms. The summed E-state index contributed by atoms with van der Waals surface area (Å²) in [5.41, 5.74) is 1.70. The van der Waals surface area contributed by atoms with Gasteiger partial charge >= 0.3 is 29.8 Å². The van der Waals surface area contributed by atoms with E-state index < -0.39 is 78.8 Å². The first-order chi connectivity index (χ1) is 42.4. The summed E-state index contributed by atoms with van der Waals surface area (Å²) >= 11 is 13.1. The van der Waals surface area contributed by atoms with Gasteiger partial charge in [0, 0.05) is 97.4 Å². The van der Waals surface area contributed by atoms with E-state index in [1.807, 2.05) is 26.0 Å². The molecule has 0 radical (unpaired) electrons. The van der Waals surface area contributed by atoms with Gasteiger partial charge < -0.3 is 69.5 Å². The molecule has 1 aromatic heterocycles. The van der Waals surface area contributed by atoms with Crippen LogP contribution in [0, 0.1) is 0 Å². The van der Waals surface area contributed by atoms with Crippen molar-refractivity contribution in [2.45, 2.75) is 50.8 Å². The zero-order valence-electron chi connectivity index (χ0n) is 49.7. The number of rotatable bonds is 29. The van der Waals surface area contributed by atoms with Crippen molar-refractivity contribution in [2.75, 3.05) is 150 Å². The minimum atomic E-state index is -1.61. The molecule has 0 unspecified atom stereocenters. The second-order valence-corrected chi connectivity index (χ2v) is 23.2. The van der Waals surface area contributed by atoms with E-state index in [4.69, 9.17) is 56.7 Å². The molecule has 28 nitrogen and oxygen atoms in total. The highest BCUT2D eigenvalue weighted by atomic mass is 35.5. The van der Waals surface area contributed by atoms with Crippen LogP contribution in [0.1, 0.15) is 49.2 Å². The van der Waals surface area contributed by atoms with Gasteiger partial charge in [-0.3, -0.25) is 58.0 Å². The maximum Gasteiger partial charge on any atom is 0.317 e. The molecule has 0 atom stereocenters. The lowest BCUT2D eigenvalue weighted by Crippen LogP contribution is -2.60. The number of carbonyl (C=O) groups is 8. The Morgan fingerprint density at radius 1 is 0.640 bits per heavy atom. The number of aliphatic carboxylic acids is 5. The third kappa shape index (κ3) is 20.2. The third-order valence-corrected chi connectivity index (χ3v) is 15.3. The van der Waals surface area contributed by atoms with E-state index in [-0.39, 0.29) is 130 Å². The number of morpholine rings is 1. The minimum Gasteiger partial charge on any atom is -0.496 e. The van der Waals surface area contributed by atoms with E-state index in [2.05, 4.69) is 10.6 Å². The number of halogens is 2. The van der Waals surface area contributed by atoms with Crippen molar-refractivity contribution in [3.05, 3.63) is 75.9 Å². The molecule has 3 aliphatic rings. The first kappa shape index (κ1) is 69.0. The fourth-order valence-corrected chi connectivity index (χ4v) is 11.0. The number of nitrogens with one attached hydrogen (secondary N) is 2. The smallest absolute Gasteiger partial charge is 0.317 e. The number of hydrogen-bond acceptors (Lipinski definition) is 19. The van der Waals surface area contributed by atoms with Crippen LogP contribution in [0.4, 0.5) is 5.69 Å². The number of fused-ring (bicyclic) bond motifs is 3. The van der Waals surface area contributed by atoms with Gasteiger partial charge in [-0.25, -0.2) is 4.68 Å². The summed E-state index contributed by atoms with van der Waals surface area (Å²) in [5.74, 6) is -6.26. The van der Waals surface area contributed by atoms with E-state index in [0.29, 0.717) is 80.6 Å². The van der Waals surface area contributed by atoms with Crippen molar-refractivity contribution >= 4 is 76.5 Å². The van der Waals surface area contributed by atoms with Crippen LogP contribution < -0.4 is 20.1 Å². The topological polar surface area (TPSA) is 351 Å². The highest BCUT2D eigenvalue weighted by Crippen LogP contribution is 2.47. The number of nitrogens with zero attached hydrogens (tertiary/aromatic N) is 7. The lowest BCUT2D eigenvalue weighted by Gasteiger charge is -2.41. The zero-order chi connectivity index (χ0) is 64.4. The second kappa shape index (κ2) is 32.3. The van der Waals surface area contributed by atoms with E-state index in [0.717, 1.165) is 0 Å². The largest absolute Gasteiger partial charge is 0.496 e. The molecular weight excluding hydrogens is 1210 g/mol. The van der Waals surface area contributed by atoms with E-state index in [1.54, 1.807) is 71.6 Å². The van der Waals surface area contributed by atoms with Gasteiger partial charge in [-0.2, -0.15) is 5.10 Å². The summed E-state index contributed by atoms with van der Waals surface area (Å²) in [4.78, 5) is 109. The van der Waals surface area contributed by atoms with Gasteiger partial charge in [0.15, 0.2) is 5.69 Å². The quantitative estimate of drug-likeness (QED) is 0.0383. The molecule has 0 aliphatic carbocycles. The number of amides is 3. The Morgan fingerprint density at radius 3 is 1.67 bits per heavy atom. The number of carbonyl (C=O) groups excluding carboxylic acids is 3. The monoisotopic (exact) mass is 1280 g/mol. The molecule has 0 saturated carbocycles. The van der Waals surface area contributed by atoms with Crippen molar-refractivity contribution < 1.29 is 92.3 Å². The first-order valence-corrected chi connectivity index (χ1v) is 29.4. The van der Waals surface area contributed by atoms with Crippen molar-refractivity contribution in [3.8, 4) is 39.6 Å². The van der Waals surface area contributed by atoms with E-state index in [9.17, 15) is 63.9 Å². The molecule has 2 fully saturated rings. The lowest BCUT2D eigenvalue weighted by atomic mass is 9.95. The molecule has 3 aliphatic heterocycles. The van der Waals surface area contributed by atoms with Crippen LogP contribution >= 0.6 is 23.2 Å². The standard InChI is InChI=1S/C59H75Cl2N9O19/c1-58(2)34-88-22-18-69(58)57(83)55-45-33-89-47-28-46(84-3)43(27-44(47)56(45)70(64-55)42-25-39(60)24-40(61)26-42)38-5-4-6-41(23-38)62-48(71)7-19-85-35-59(36-86-20-8-50(73)74,37-87-21-9-51(75)76)63-49(72)29-65-10-12-66(30-52(77)78)14-16-68(32-54(81)82)17-15-67(13-11-65)31-53(79)80/h4-6,23-28H,7-22,29-37H2,1-3H3,(H,62,71)(H,63,72)(H,73,74)(H,75,76)(H,77,78)(H,79,80)(H,81,82). The van der Waals surface area contributed by atoms with Crippen LogP contribution in [0.15, 0.2) is 54.6 Å². The highest BCUT2D eigenvalue weighted by molar-refractivity contribution is 6.34. The summed E-state index contributed by atoms with van der Waals surface area (Å²) < 4.78 is 37.2. The predicted octanol–water partition coefficient (Wildman–Crippen LogP) is 3.32. The van der Waals surface area contributed by atoms with Crippen molar-refractivity contribution in [2.24, 2.45) is 0 Å². The molecule has 484 valence electrons. The van der Waals surface area contributed by atoms with Crippen LogP contribution in [0.25, 0.3) is 28.1 Å². The lowest BCUT2D eigenvalue weighted by molar-refractivity contribution is -0.140. The average Bonchev–Trinajstić information content (AvgIpc) is 1.68. The first-order valence-electron chi connectivity index (χ1n) is 28.7. The van der Waals surface area contributed by atoms with Gasteiger partial charge in [0.25, 0.3) is 5.91 Å². The van der Waals surface area contributed by atoms with E-state index >= 15 is 0 Å². The Hall–Kier alpha value is -7.51. The Kier molecular flexibility index (Phi) is 25.0. The minimum absolute atomic E-state index is 0.00248. The van der Waals surface area contributed by atoms with Crippen LogP contribution in [-0.4, -0.2) is 264 Å². The van der Waals surface area contributed by atoms with Crippen molar-refractivity contribution in [1.82, 2.24) is 39.6 Å². The zero-order valence-corrected chi connectivity index (χ0v) is 51.2. The summed E-state index contributed by atoms with van der Waals surface area (Å²) in [7, 11) is 1.51. The second-order valence-electron chi connectivity index (χ2n) is 22.3. The molecule has 0 bridgehead atoms. The number of carboxylic acids is 5. The number of hydrogen-bond donors (Lipinski definition) is 7. The molecule has 2 saturated heterocycles. The number of ether oxygens (including phenoxy) is 6. The SMILES string of the molecule is COc1cc2c(cc1-c1cccc(NC(=O)CCOCC(COCCC(=O)O)(COCCC(=O)O)NC(=O)CN3CCN(CC(=O)O)CCN(CC(=O)O)CCN(CC(=O)O)CC3)c1)-c1c(c(C(=O)N3CCOCC3(C)C)nn1-c1cc(Cl)cc(Cl)c1)CO2. The molecule has 7 N–H and O–H groups in total. The molecule has 7 rings (SSSR count). The maximum absolute atomic E-state index is 14.5. The molecule has 3 aromatic carbocycles. The van der Waals surface area contributed by atoms with Gasteiger partial charge in [-0.15, -0.1) is 0 Å². The Balaban J connectivity index is 1.09. The fraction of sp³-hybridized carbons (Fsp3) is 0.508. The normalized spacial score (nSPS) is 16.2. The van der Waals surface area contributed by atoms with Gasteiger partial charge in [-0.05, 0) is 55.8 Å². The van der Waals surface area contributed by atoms with Gasteiger partial charge in [-0.1, -0.05) is 35.3 Å². The molecular formula is C59H75Cl2N9O19. The average molecular weight is 1290 g/mol. The maximum atomic E-state index is 14.5. The molecule has 4 heterocycles. The van der Waals surface area contributed by atoms with Crippen LogP contribution in [0.2, 0.25) is 10.0 Å². The van der Waals surface area contributed by atoms with E-state index in [1.165, 1.54) is 7.11 Å². The van der Waals surface area contributed by atoms with Crippen molar-refractivity contribution in [1.29, 1.82) is 0 Å². The number of benzene rings is 3. The Labute approximate surface area is 523 Å². The molecule has 4 aromatic rings. The molecule has 89 heavy (non-hydrogen) atoms. The molecule has 0 spiro atoms. The third-order valence-electron chi connectivity index (χ3n) is 14.9. The fourth-order valence-electron chi connectivity index (χ4n) is 10.5. The highest BCUT2D eigenvalue weighted by Gasteiger charge is 2.40. The van der Waals surface area contributed by atoms with Crippen LogP contribution in [0.5, 0.6) is 11.5 Å². The van der Waals surface area contributed by atoms with Gasteiger partial charge in [0.05, 0.1) is 122 Å². The number of anilines is 1. The predicted molar refractivity (Wildman–Crippen MR) is 321 cm³/mol. The summed E-state index contributed by atoms with van der Waals surface area (Å²) in [6, 6.07) is 15.5. The van der Waals surface area contributed by atoms with Gasteiger partial charge in [0.1, 0.15) is 23.6 Å². The summed E-state index contributed by atoms with van der Waals surface area (Å²) in [6.45, 7) is 2.45. The van der Waals surface area contributed by atoms with Crippen LogP contribution in [0.3, 0.4) is 0 Å². The van der Waals surface area contributed by atoms with Crippen molar-refractivity contribution in [3.63, 3.8) is 0 Å². The number of carboxylic acid groups (broad SMARTS) is 5. The number of aromatic nitrogens is 2.